The quantitative estimate of drug-likeness (QED) is 0.167. The van der Waals surface area contributed by atoms with Gasteiger partial charge < -0.3 is 18.3 Å². The summed E-state index contributed by atoms with van der Waals surface area (Å²) in [5.74, 6) is 0. The summed E-state index contributed by atoms with van der Waals surface area (Å²) >= 11 is 0. The highest BCUT2D eigenvalue weighted by molar-refractivity contribution is 6.14. The summed E-state index contributed by atoms with van der Waals surface area (Å²) in [7, 11) is 0. The summed E-state index contributed by atoms with van der Waals surface area (Å²) in [6.07, 6.45) is 0. The van der Waals surface area contributed by atoms with Crippen molar-refractivity contribution in [1.29, 1.82) is 0 Å². The van der Waals surface area contributed by atoms with Crippen LogP contribution in [0.5, 0.6) is 0 Å². The highest BCUT2D eigenvalue weighted by Gasteiger charge is 2.53. The van der Waals surface area contributed by atoms with Gasteiger partial charge in [0.15, 0.2) is 0 Å². The van der Waals surface area contributed by atoms with Crippen molar-refractivity contribution in [3.8, 4) is 33.9 Å². The number of aromatic nitrogens is 4. The molecule has 18 rings (SSSR count). The fraction of sp³-hybridized carbons (Fsp3) is 0.0526. The molecular weight excluding hydrogens is 969 g/mol. The lowest BCUT2D eigenvalue weighted by molar-refractivity contribution is 0.563. The maximum atomic E-state index is 2.56. The maximum absolute atomic E-state index is 2.56. The molecule has 0 saturated heterocycles. The molecule has 0 fully saturated rings. The largest absolute Gasteiger partial charge is 0.309 e. The fourth-order valence-electron chi connectivity index (χ4n) is 15.3. The lowest BCUT2D eigenvalue weighted by atomic mass is 9.55. The van der Waals surface area contributed by atoms with Crippen molar-refractivity contribution < 1.29 is 0 Å². The molecule has 4 nitrogen and oxygen atoms in total. The minimum absolute atomic E-state index is 0.288. The molecule has 4 heteroatoms. The molecule has 0 saturated carbocycles. The summed E-state index contributed by atoms with van der Waals surface area (Å²) in [5.41, 5.74) is 23.8. The molecule has 4 heterocycles. The van der Waals surface area contributed by atoms with Crippen LogP contribution in [0.2, 0.25) is 0 Å². The second-order valence-corrected chi connectivity index (χ2v) is 22.8. The Morgan fingerprint density at radius 3 is 0.975 bits per heavy atom. The van der Waals surface area contributed by atoms with E-state index in [4.69, 9.17) is 0 Å². The van der Waals surface area contributed by atoms with Crippen LogP contribution < -0.4 is 0 Å². The van der Waals surface area contributed by atoms with Crippen molar-refractivity contribution >= 4 is 87.2 Å². The van der Waals surface area contributed by atoms with E-state index < -0.39 is 5.41 Å². The molecule has 1 unspecified atom stereocenters. The van der Waals surface area contributed by atoms with Crippen LogP contribution in [0, 0.1) is 0 Å². The van der Waals surface area contributed by atoms with E-state index in [1.54, 1.807) is 0 Å². The van der Waals surface area contributed by atoms with Gasteiger partial charge in [-0.15, -0.1) is 0 Å². The van der Waals surface area contributed by atoms with Crippen LogP contribution in [0.1, 0.15) is 47.2 Å². The van der Waals surface area contributed by atoms with Crippen LogP contribution in [0.25, 0.3) is 121 Å². The fourth-order valence-corrected chi connectivity index (χ4v) is 15.3. The number of benzene rings is 12. The first kappa shape index (κ1) is 43.9. The van der Waals surface area contributed by atoms with Gasteiger partial charge in [0.25, 0.3) is 0 Å². The smallest absolute Gasteiger partial charge is 0.0721 e. The lowest BCUT2D eigenvalue weighted by Crippen LogP contribution is -2.40. The molecule has 0 radical (unpaired) electrons. The average Bonchev–Trinajstić information content (AvgIpc) is 4.48. The van der Waals surface area contributed by atoms with Gasteiger partial charge in [-0.05, 0) is 142 Å². The molecule has 1 spiro atoms. The van der Waals surface area contributed by atoms with Gasteiger partial charge in [-0.1, -0.05) is 184 Å². The molecule has 2 aliphatic rings. The van der Waals surface area contributed by atoms with Crippen LogP contribution in [-0.2, 0) is 10.8 Å². The predicted molar refractivity (Wildman–Crippen MR) is 333 cm³/mol. The Balaban J connectivity index is 0.874. The first-order chi connectivity index (χ1) is 39.5. The van der Waals surface area contributed by atoms with Crippen molar-refractivity contribution in [2.24, 2.45) is 0 Å². The van der Waals surface area contributed by atoms with Crippen LogP contribution in [0.4, 0.5) is 0 Å². The minimum Gasteiger partial charge on any atom is -0.309 e. The van der Waals surface area contributed by atoms with Crippen LogP contribution in [0.3, 0.4) is 0 Å². The zero-order valence-electron chi connectivity index (χ0n) is 44.2. The van der Waals surface area contributed by atoms with Crippen LogP contribution in [-0.4, -0.2) is 18.3 Å². The van der Waals surface area contributed by atoms with E-state index in [0.29, 0.717) is 0 Å². The third kappa shape index (κ3) is 5.54. The Morgan fingerprint density at radius 2 is 0.512 bits per heavy atom. The summed E-state index contributed by atoms with van der Waals surface area (Å²) < 4.78 is 9.90. The van der Waals surface area contributed by atoms with Gasteiger partial charge in [-0.25, -0.2) is 0 Å². The molecule has 12 aromatic carbocycles. The second-order valence-electron chi connectivity index (χ2n) is 22.8. The van der Waals surface area contributed by atoms with E-state index in [2.05, 4.69) is 299 Å². The zero-order valence-corrected chi connectivity index (χ0v) is 44.2. The summed E-state index contributed by atoms with van der Waals surface area (Å²) in [5, 5.41) is 9.98. The predicted octanol–water partition coefficient (Wildman–Crippen LogP) is 19.1. The zero-order chi connectivity index (χ0) is 52.6. The molecular formula is C76H50N4. The van der Waals surface area contributed by atoms with Crippen molar-refractivity contribution in [3.63, 3.8) is 0 Å². The number of para-hydroxylation sites is 6. The van der Waals surface area contributed by atoms with Gasteiger partial charge in [0.1, 0.15) is 0 Å². The average molecular weight is 1020 g/mol. The Morgan fingerprint density at radius 1 is 0.212 bits per heavy atom. The number of fused-ring (bicyclic) bond motifs is 21. The summed E-state index contributed by atoms with van der Waals surface area (Å²) in [4.78, 5) is 0. The maximum Gasteiger partial charge on any atom is 0.0721 e. The van der Waals surface area contributed by atoms with E-state index in [1.807, 2.05) is 0 Å². The van der Waals surface area contributed by atoms with Gasteiger partial charge in [0, 0.05) is 71.3 Å². The number of rotatable bonds is 4. The summed E-state index contributed by atoms with van der Waals surface area (Å²) in [6.45, 7) is 4.86. The van der Waals surface area contributed by atoms with Gasteiger partial charge in [-0.3, -0.25) is 0 Å². The third-order valence-electron chi connectivity index (χ3n) is 18.6. The van der Waals surface area contributed by atoms with Crippen LogP contribution in [0.15, 0.2) is 267 Å². The van der Waals surface area contributed by atoms with Crippen LogP contribution >= 0.6 is 0 Å². The van der Waals surface area contributed by atoms with Gasteiger partial charge >= 0.3 is 0 Å². The standard InChI is InChI=1S/C76H50N4/c1-75(2)62-27-11-12-28-64(62)76(66-46-50(36-40-63(66)75)80-72-34-18-9-25-58(72)60-44-48(38-42-74(60)80)78-69-31-15-6-22-55(69)56-23-7-16-32-70(56)78)61-26-10-3-19-51(61)52-39-35-49(45-65(52)76)79-71-33-17-8-24-57(71)59-43-47(37-41-73(59)79)77-67-29-13-4-20-53(67)54-21-5-14-30-68(54)77/h3-46H,1-2H3. The molecule has 4 aromatic heterocycles. The highest BCUT2D eigenvalue weighted by atomic mass is 15.0. The first-order valence-electron chi connectivity index (χ1n) is 28.0. The monoisotopic (exact) mass is 1020 g/mol. The van der Waals surface area contributed by atoms with Gasteiger partial charge in [0.2, 0.25) is 0 Å². The molecule has 0 N–H and O–H groups in total. The lowest BCUT2D eigenvalue weighted by Gasteiger charge is -2.47. The topological polar surface area (TPSA) is 19.7 Å². The minimum atomic E-state index is -0.635. The second kappa shape index (κ2) is 15.7. The van der Waals surface area contributed by atoms with E-state index in [-0.39, 0.29) is 5.41 Å². The number of nitrogens with zero attached hydrogens (tertiary/aromatic N) is 4. The Bertz CT molecular complexity index is 5250. The van der Waals surface area contributed by atoms with E-state index in [0.717, 1.165) is 22.7 Å². The van der Waals surface area contributed by atoms with Crippen molar-refractivity contribution in [2.75, 3.05) is 0 Å². The van der Waals surface area contributed by atoms with Gasteiger partial charge in [-0.2, -0.15) is 0 Å². The van der Waals surface area contributed by atoms with E-state index in [9.17, 15) is 0 Å². The normalized spacial score (nSPS) is 15.3. The number of hydrogen-bond acceptors (Lipinski definition) is 0. The molecule has 1 atom stereocenters. The molecule has 0 bridgehead atoms. The molecule has 374 valence electrons. The highest BCUT2D eigenvalue weighted by Crippen LogP contribution is 2.63. The molecule has 16 aromatic rings. The van der Waals surface area contributed by atoms with Crippen molar-refractivity contribution in [3.05, 3.63) is 300 Å². The van der Waals surface area contributed by atoms with Gasteiger partial charge in [0.05, 0.1) is 49.5 Å². The Labute approximate surface area is 461 Å². The molecule has 0 amide bonds. The van der Waals surface area contributed by atoms with E-state index in [1.165, 1.54) is 132 Å². The summed E-state index contributed by atoms with van der Waals surface area (Å²) in [6, 6.07) is 101. The van der Waals surface area contributed by atoms with Crippen molar-refractivity contribution in [1.82, 2.24) is 18.3 Å². The van der Waals surface area contributed by atoms with E-state index >= 15 is 0 Å². The third-order valence-corrected chi connectivity index (χ3v) is 18.6. The molecule has 0 aliphatic heterocycles. The molecule has 80 heavy (non-hydrogen) atoms. The SMILES string of the molecule is CC1(C)c2ccccc2C2(c3ccccc3-c3ccc(-n4c5ccccc5c5cc(-n6c7ccccc7c7ccccc76)ccc54)cc32)c2cc(-n3c4ccccc4c4cc(-n5c6ccccc6c6ccccc65)ccc43)ccc21. The number of hydrogen-bond donors (Lipinski definition) is 0. The Kier molecular flexibility index (Phi) is 8.64. The molecule has 2 aliphatic carbocycles. The van der Waals surface area contributed by atoms with Crippen molar-refractivity contribution in [2.45, 2.75) is 24.7 Å². The Hall–Kier alpha value is -10.2. The first-order valence-corrected chi connectivity index (χ1v) is 28.0.